The number of hydrogen-bond acceptors (Lipinski definition) is 5. The Labute approximate surface area is 139 Å². The van der Waals surface area contributed by atoms with Gasteiger partial charge in [-0.3, -0.25) is 4.79 Å². The van der Waals surface area contributed by atoms with Gasteiger partial charge in [0.2, 0.25) is 11.9 Å². The molecule has 1 amide bonds. The first-order valence-electron chi connectivity index (χ1n) is 7.74. The number of halogens is 3. The summed E-state index contributed by atoms with van der Waals surface area (Å²) in [6.45, 7) is 3.64. The minimum Gasteiger partial charge on any atom is -0.359 e. The number of amides is 1. The zero-order valence-corrected chi connectivity index (χ0v) is 14.3. The molecule has 1 aromatic rings. The van der Waals surface area contributed by atoms with Gasteiger partial charge >= 0.3 is 6.18 Å². The second-order valence-corrected chi connectivity index (χ2v) is 6.19. The van der Waals surface area contributed by atoms with Crippen molar-refractivity contribution in [3.05, 3.63) is 11.8 Å². The second kappa shape index (κ2) is 6.82. The smallest absolute Gasteiger partial charge is 0.359 e. The minimum atomic E-state index is -4.54. The standard InChI is InChI=1S/C15H22F3N5O/c1-5-23-9-10(6-13(23)24)8-22(4)12-7-11(15(16,17)18)19-14(20-12)21(2)3/h7,10H,5-6,8-9H2,1-4H3. The van der Waals surface area contributed by atoms with Crippen molar-refractivity contribution in [3.63, 3.8) is 0 Å². The fraction of sp³-hybridized carbons (Fsp3) is 0.667. The number of rotatable bonds is 5. The Hall–Kier alpha value is -2.06. The van der Waals surface area contributed by atoms with Crippen molar-refractivity contribution >= 4 is 17.7 Å². The Balaban J connectivity index is 2.21. The molecule has 0 spiro atoms. The predicted molar refractivity (Wildman–Crippen MR) is 85.0 cm³/mol. The molecular formula is C15H22F3N5O. The molecule has 1 fully saturated rings. The molecule has 24 heavy (non-hydrogen) atoms. The molecule has 2 heterocycles. The molecule has 1 aliphatic heterocycles. The van der Waals surface area contributed by atoms with Crippen LogP contribution in [0.15, 0.2) is 6.07 Å². The third-order valence-corrected chi connectivity index (χ3v) is 3.99. The summed E-state index contributed by atoms with van der Waals surface area (Å²) in [6, 6.07) is 0.946. The van der Waals surface area contributed by atoms with Gasteiger partial charge in [-0.05, 0) is 6.92 Å². The van der Waals surface area contributed by atoms with Crippen molar-refractivity contribution in [1.82, 2.24) is 14.9 Å². The van der Waals surface area contributed by atoms with Crippen LogP contribution in [-0.2, 0) is 11.0 Å². The van der Waals surface area contributed by atoms with Gasteiger partial charge in [0.15, 0.2) is 5.69 Å². The average Bonchev–Trinajstić information content (AvgIpc) is 2.85. The molecule has 0 aromatic carbocycles. The van der Waals surface area contributed by atoms with Gasteiger partial charge in [0.25, 0.3) is 0 Å². The zero-order valence-electron chi connectivity index (χ0n) is 14.3. The van der Waals surface area contributed by atoms with E-state index < -0.39 is 11.9 Å². The molecule has 1 aromatic heterocycles. The van der Waals surface area contributed by atoms with Gasteiger partial charge in [-0.1, -0.05) is 0 Å². The van der Waals surface area contributed by atoms with E-state index in [1.54, 1.807) is 30.9 Å². The van der Waals surface area contributed by atoms with Crippen LogP contribution in [-0.4, -0.2) is 61.6 Å². The number of carbonyl (C=O) groups is 1. The lowest BCUT2D eigenvalue weighted by atomic mass is 10.1. The van der Waals surface area contributed by atoms with E-state index in [0.717, 1.165) is 6.07 Å². The van der Waals surface area contributed by atoms with Crippen molar-refractivity contribution in [2.45, 2.75) is 19.5 Å². The molecule has 0 aliphatic carbocycles. The molecule has 6 nitrogen and oxygen atoms in total. The van der Waals surface area contributed by atoms with Crippen LogP contribution in [0.25, 0.3) is 0 Å². The SMILES string of the molecule is CCN1CC(CN(C)c2cc(C(F)(F)F)nc(N(C)C)n2)CC1=O. The van der Waals surface area contributed by atoms with Gasteiger partial charge in [0, 0.05) is 59.2 Å². The average molecular weight is 345 g/mol. The van der Waals surface area contributed by atoms with Crippen LogP contribution in [0.5, 0.6) is 0 Å². The fourth-order valence-electron chi connectivity index (χ4n) is 2.73. The molecule has 0 N–H and O–H groups in total. The Kier molecular flexibility index (Phi) is 5.19. The Bertz CT molecular complexity index is 605. The van der Waals surface area contributed by atoms with Crippen molar-refractivity contribution in [3.8, 4) is 0 Å². The van der Waals surface area contributed by atoms with Crippen LogP contribution in [0.3, 0.4) is 0 Å². The molecule has 1 saturated heterocycles. The number of anilines is 2. The number of carbonyl (C=O) groups excluding carboxylic acids is 1. The third kappa shape index (κ3) is 4.07. The topological polar surface area (TPSA) is 52.6 Å². The Morgan fingerprint density at radius 1 is 1.29 bits per heavy atom. The summed E-state index contributed by atoms with van der Waals surface area (Å²) < 4.78 is 39.1. The highest BCUT2D eigenvalue weighted by molar-refractivity contribution is 5.78. The molecule has 0 bridgehead atoms. The number of nitrogens with zero attached hydrogens (tertiary/aromatic N) is 5. The van der Waals surface area contributed by atoms with Crippen LogP contribution in [0.4, 0.5) is 24.9 Å². The highest BCUT2D eigenvalue weighted by Gasteiger charge is 2.35. The maximum Gasteiger partial charge on any atom is 0.433 e. The van der Waals surface area contributed by atoms with E-state index in [1.165, 1.54) is 4.90 Å². The summed E-state index contributed by atoms with van der Waals surface area (Å²) in [5, 5.41) is 0. The van der Waals surface area contributed by atoms with Gasteiger partial charge in [-0.25, -0.2) is 4.98 Å². The highest BCUT2D eigenvalue weighted by Crippen LogP contribution is 2.31. The fourth-order valence-corrected chi connectivity index (χ4v) is 2.73. The molecular weight excluding hydrogens is 323 g/mol. The Morgan fingerprint density at radius 2 is 1.96 bits per heavy atom. The van der Waals surface area contributed by atoms with E-state index in [-0.39, 0.29) is 23.6 Å². The molecule has 0 saturated carbocycles. The zero-order chi connectivity index (χ0) is 18.1. The van der Waals surface area contributed by atoms with E-state index in [0.29, 0.717) is 26.1 Å². The van der Waals surface area contributed by atoms with Crippen LogP contribution in [0, 0.1) is 5.92 Å². The summed E-state index contributed by atoms with van der Waals surface area (Å²) in [7, 11) is 4.86. The maximum atomic E-state index is 13.0. The van der Waals surface area contributed by atoms with Crippen molar-refractivity contribution in [2.75, 3.05) is 50.6 Å². The minimum absolute atomic E-state index is 0.00404. The summed E-state index contributed by atoms with van der Waals surface area (Å²) in [5.41, 5.74) is -0.972. The van der Waals surface area contributed by atoms with Gasteiger partial charge in [0.05, 0.1) is 0 Å². The maximum absolute atomic E-state index is 13.0. The molecule has 1 atom stereocenters. The second-order valence-electron chi connectivity index (χ2n) is 6.19. The first kappa shape index (κ1) is 18.3. The summed E-state index contributed by atoms with van der Waals surface area (Å²) >= 11 is 0. The molecule has 9 heteroatoms. The largest absolute Gasteiger partial charge is 0.433 e. The van der Waals surface area contributed by atoms with Crippen molar-refractivity contribution < 1.29 is 18.0 Å². The first-order chi connectivity index (χ1) is 11.1. The van der Waals surface area contributed by atoms with Crippen molar-refractivity contribution in [1.29, 1.82) is 0 Å². The van der Waals surface area contributed by atoms with Crippen LogP contribution in [0.2, 0.25) is 0 Å². The lowest BCUT2D eigenvalue weighted by Gasteiger charge is -2.24. The molecule has 1 unspecified atom stereocenters. The van der Waals surface area contributed by atoms with E-state index in [4.69, 9.17) is 0 Å². The Morgan fingerprint density at radius 3 is 2.46 bits per heavy atom. The molecule has 134 valence electrons. The van der Waals surface area contributed by atoms with Crippen molar-refractivity contribution in [2.24, 2.45) is 5.92 Å². The summed E-state index contributed by atoms with van der Waals surface area (Å²) in [5.74, 6) is 0.367. The van der Waals surface area contributed by atoms with E-state index in [9.17, 15) is 18.0 Å². The summed E-state index contributed by atoms with van der Waals surface area (Å²) in [4.78, 5) is 24.4. The highest BCUT2D eigenvalue weighted by atomic mass is 19.4. The quantitative estimate of drug-likeness (QED) is 0.815. The number of hydrogen-bond donors (Lipinski definition) is 0. The lowest BCUT2D eigenvalue weighted by Crippen LogP contribution is -2.30. The lowest BCUT2D eigenvalue weighted by molar-refractivity contribution is -0.141. The molecule has 1 aliphatic rings. The monoisotopic (exact) mass is 345 g/mol. The van der Waals surface area contributed by atoms with Gasteiger partial charge in [-0.15, -0.1) is 0 Å². The number of aromatic nitrogens is 2. The van der Waals surface area contributed by atoms with E-state index in [1.807, 2.05) is 6.92 Å². The van der Waals surface area contributed by atoms with Gasteiger partial charge in [0.1, 0.15) is 5.82 Å². The van der Waals surface area contributed by atoms with Gasteiger partial charge in [-0.2, -0.15) is 18.2 Å². The molecule has 0 radical (unpaired) electrons. The number of alkyl halides is 3. The van der Waals surface area contributed by atoms with Crippen LogP contribution >= 0.6 is 0 Å². The van der Waals surface area contributed by atoms with E-state index >= 15 is 0 Å². The number of likely N-dealkylation sites (tertiary alicyclic amines) is 1. The first-order valence-corrected chi connectivity index (χ1v) is 7.74. The summed E-state index contributed by atoms with van der Waals surface area (Å²) in [6.07, 6.45) is -4.12. The van der Waals surface area contributed by atoms with Crippen LogP contribution in [0.1, 0.15) is 19.0 Å². The normalized spacial score (nSPS) is 18.2. The molecule has 2 rings (SSSR count). The van der Waals surface area contributed by atoms with E-state index in [2.05, 4.69) is 9.97 Å². The van der Waals surface area contributed by atoms with Crippen LogP contribution < -0.4 is 9.80 Å². The third-order valence-electron chi connectivity index (χ3n) is 3.99. The predicted octanol–water partition coefficient (Wildman–Crippen LogP) is 1.87. The van der Waals surface area contributed by atoms with Gasteiger partial charge < -0.3 is 14.7 Å².